The van der Waals surface area contributed by atoms with Crippen molar-refractivity contribution in [2.45, 2.75) is 39.0 Å². The van der Waals surface area contributed by atoms with Crippen LogP contribution in [0.5, 0.6) is 0 Å². The summed E-state index contributed by atoms with van der Waals surface area (Å²) in [4.78, 5) is 10.6. The summed E-state index contributed by atoms with van der Waals surface area (Å²) < 4.78 is 5.27. The summed E-state index contributed by atoms with van der Waals surface area (Å²) in [5, 5.41) is 27.3. The summed E-state index contributed by atoms with van der Waals surface area (Å²) in [7, 11) is 0. The number of hydrogen-bond acceptors (Lipinski definition) is 4. The smallest absolute Gasteiger partial charge is 0.309 e. The number of rotatable bonds is 13. The topological polar surface area (TPSA) is 87.0 Å². The Balaban J connectivity index is 3.90. The van der Waals surface area contributed by atoms with Crippen molar-refractivity contribution in [1.29, 1.82) is 0 Å². The molecule has 0 aromatic heterocycles. The fourth-order valence-electron chi connectivity index (χ4n) is 1.63. The van der Waals surface area contributed by atoms with Gasteiger partial charge in [0.15, 0.2) is 20.2 Å². The van der Waals surface area contributed by atoms with Crippen LogP contribution in [0.3, 0.4) is 0 Å². The van der Waals surface area contributed by atoms with Gasteiger partial charge in [-0.3, -0.25) is 9.28 Å². The predicted molar refractivity (Wildman–Crippen MR) is 75.7 cm³/mol. The van der Waals surface area contributed by atoms with Crippen LogP contribution in [0, 0.1) is 0 Å². The summed E-state index contributed by atoms with van der Waals surface area (Å²) in [6, 6.07) is 0. The number of aliphatic hydroxyl groups is 2. The number of quaternary nitrogens is 1. The van der Waals surface area contributed by atoms with E-state index in [9.17, 15) is 15.0 Å². The van der Waals surface area contributed by atoms with Gasteiger partial charge < -0.3 is 20.1 Å². The largest absolute Gasteiger partial charge is 0.481 e. The average molecular weight is 290 g/mol. The van der Waals surface area contributed by atoms with Crippen LogP contribution in [0.2, 0.25) is 0 Å². The van der Waals surface area contributed by atoms with E-state index in [1.807, 2.05) is 0 Å². The van der Waals surface area contributed by atoms with Crippen molar-refractivity contribution in [2.75, 3.05) is 33.3 Å². The molecule has 0 unspecified atom stereocenters. The Kier molecular flexibility index (Phi) is 11.3. The fourth-order valence-corrected chi connectivity index (χ4v) is 1.63. The zero-order chi connectivity index (χ0) is 15.3. The number of allylic oxidation sites excluding steroid dienone is 1. The maximum atomic E-state index is 10.6. The molecule has 0 atom stereocenters. The Labute approximate surface area is 120 Å². The van der Waals surface area contributed by atoms with E-state index in [1.165, 1.54) is 12.8 Å². The van der Waals surface area contributed by atoms with Gasteiger partial charge in [0.25, 0.3) is 0 Å². The van der Waals surface area contributed by atoms with Gasteiger partial charge in [0.2, 0.25) is 0 Å². The molecule has 0 saturated carbocycles. The van der Waals surface area contributed by atoms with Gasteiger partial charge >= 0.3 is 5.97 Å². The lowest BCUT2D eigenvalue weighted by atomic mass is 10.2. The molecule has 6 nitrogen and oxygen atoms in total. The second-order valence-electron chi connectivity index (χ2n) is 4.93. The van der Waals surface area contributed by atoms with Gasteiger partial charge in [-0.2, -0.15) is 0 Å². The molecule has 118 valence electrons. The van der Waals surface area contributed by atoms with Gasteiger partial charge in [0.05, 0.1) is 19.6 Å². The third-order valence-corrected chi connectivity index (χ3v) is 3.09. The number of nitrogens with zero attached hydrogens (tertiary/aromatic N) is 1. The van der Waals surface area contributed by atoms with Crippen molar-refractivity contribution in [2.24, 2.45) is 0 Å². The van der Waals surface area contributed by atoms with Crippen LogP contribution < -0.4 is 0 Å². The molecule has 20 heavy (non-hydrogen) atoms. The molecule has 0 aromatic carbocycles. The molecule has 0 fully saturated rings. The van der Waals surface area contributed by atoms with Crippen molar-refractivity contribution < 1.29 is 29.3 Å². The van der Waals surface area contributed by atoms with E-state index >= 15 is 0 Å². The normalized spacial score (nSPS) is 12.2. The Morgan fingerprint density at radius 3 is 2.40 bits per heavy atom. The van der Waals surface area contributed by atoms with E-state index in [1.54, 1.807) is 0 Å². The second-order valence-corrected chi connectivity index (χ2v) is 4.93. The Morgan fingerprint density at radius 2 is 1.85 bits per heavy atom. The van der Waals surface area contributed by atoms with Crippen molar-refractivity contribution in [3.8, 4) is 0 Å². The third-order valence-electron chi connectivity index (χ3n) is 3.09. The lowest BCUT2D eigenvalue weighted by Gasteiger charge is -2.33. The minimum atomic E-state index is -0.951. The minimum absolute atomic E-state index is 0.110. The lowest BCUT2D eigenvalue weighted by Crippen LogP contribution is -2.52. The summed E-state index contributed by atoms with van der Waals surface area (Å²) in [5.74, 6) is -0.951. The Bertz CT molecular complexity index is 277. The molecule has 0 rings (SSSR count). The molecule has 0 radical (unpaired) electrons. The van der Waals surface area contributed by atoms with E-state index in [0.29, 0.717) is 6.61 Å². The summed E-state index contributed by atoms with van der Waals surface area (Å²) in [5.41, 5.74) is 0. The van der Waals surface area contributed by atoms with Crippen molar-refractivity contribution in [1.82, 2.24) is 0 Å². The van der Waals surface area contributed by atoms with Crippen LogP contribution in [0.25, 0.3) is 0 Å². The first-order valence-corrected chi connectivity index (χ1v) is 7.11. The first kappa shape index (κ1) is 19.1. The van der Waals surface area contributed by atoms with Gasteiger partial charge in [-0.05, 0) is 12.8 Å². The molecule has 0 heterocycles. The van der Waals surface area contributed by atoms with Crippen LogP contribution in [-0.4, -0.2) is 59.1 Å². The highest BCUT2D eigenvalue weighted by molar-refractivity contribution is 5.66. The van der Waals surface area contributed by atoms with Gasteiger partial charge in [0.1, 0.15) is 0 Å². The molecule has 0 aliphatic carbocycles. The molecule has 0 aromatic rings. The molecule has 0 aliphatic heterocycles. The van der Waals surface area contributed by atoms with Crippen LogP contribution in [0.4, 0.5) is 0 Å². The van der Waals surface area contributed by atoms with E-state index in [-0.39, 0.29) is 37.6 Å². The number of unbranched alkanes of at least 4 members (excludes halogenated alkanes) is 2. The van der Waals surface area contributed by atoms with E-state index in [2.05, 4.69) is 19.1 Å². The fraction of sp³-hybridized carbons (Fsp3) is 0.786. The molecule has 0 bridgehead atoms. The van der Waals surface area contributed by atoms with E-state index in [4.69, 9.17) is 9.84 Å². The molecular formula is C14H28NO5+. The average Bonchev–Trinajstić information content (AvgIpc) is 2.45. The second kappa shape index (κ2) is 11.8. The first-order chi connectivity index (χ1) is 9.60. The van der Waals surface area contributed by atoms with Crippen molar-refractivity contribution >= 4 is 5.97 Å². The molecule has 0 aliphatic rings. The summed E-state index contributed by atoms with van der Waals surface area (Å²) >= 11 is 0. The molecule has 6 heteroatoms. The monoisotopic (exact) mass is 290 g/mol. The zero-order valence-electron chi connectivity index (χ0n) is 12.3. The SMILES string of the molecule is CCCC/C=C/CCOC[N+](CO)(CO)CCC(=O)O. The van der Waals surface area contributed by atoms with Gasteiger partial charge in [-0.1, -0.05) is 31.9 Å². The number of carboxylic acids is 1. The first-order valence-electron chi connectivity index (χ1n) is 7.11. The van der Waals surface area contributed by atoms with Crippen LogP contribution >= 0.6 is 0 Å². The quantitative estimate of drug-likeness (QED) is 0.206. The molecule has 3 N–H and O–H groups in total. The highest BCUT2D eigenvalue weighted by Crippen LogP contribution is 2.07. The zero-order valence-corrected chi connectivity index (χ0v) is 12.3. The lowest BCUT2D eigenvalue weighted by molar-refractivity contribution is -0.976. The number of aliphatic carboxylic acids is 1. The highest BCUT2D eigenvalue weighted by atomic mass is 16.5. The van der Waals surface area contributed by atoms with Crippen LogP contribution in [0.1, 0.15) is 39.0 Å². The standard InChI is InChI=1S/C14H27NO5/c1-2-3-4-5-6-7-10-20-13-15(11-16,12-17)9-8-14(18)19/h5-6,16-17H,2-4,7-13H2,1H3/p+1/b6-5+. The maximum absolute atomic E-state index is 10.6. The molecule has 0 saturated heterocycles. The predicted octanol–water partition coefficient (Wildman–Crippen LogP) is 1.29. The van der Waals surface area contributed by atoms with Gasteiger partial charge in [-0.25, -0.2) is 0 Å². The number of ether oxygens (including phenoxy) is 1. The number of hydrogen-bond donors (Lipinski definition) is 3. The number of aliphatic hydroxyl groups excluding tert-OH is 2. The Morgan fingerprint density at radius 1 is 1.20 bits per heavy atom. The van der Waals surface area contributed by atoms with E-state index < -0.39 is 5.97 Å². The molecular weight excluding hydrogens is 262 g/mol. The summed E-state index contributed by atoms with van der Waals surface area (Å²) in [6.07, 6.45) is 8.28. The number of carbonyl (C=O) groups is 1. The number of carboxylic acid groups (broad SMARTS) is 1. The highest BCUT2D eigenvalue weighted by Gasteiger charge is 2.26. The third kappa shape index (κ3) is 9.03. The summed E-state index contributed by atoms with van der Waals surface area (Å²) in [6.45, 7) is 2.23. The molecule has 0 amide bonds. The van der Waals surface area contributed by atoms with Crippen LogP contribution in [0.15, 0.2) is 12.2 Å². The van der Waals surface area contributed by atoms with Crippen LogP contribution in [-0.2, 0) is 9.53 Å². The van der Waals surface area contributed by atoms with Gasteiger partial charge in [0, 0.05) is 0 Å². The minimum Gasteiger partial charge on any atom is -0.481 e. The molecule has 0 spiro atoms. The van der Waals surface area contributed by atoms with E-state index in [0.717, 1.165) is 12.8 Å². The van der Waals surface area contributed by atoms with Gasteiger partial charge in [-0.15, -0.1) is 0 Å². The van der Waals surface area contributed by atoms with Crippen molar-refractivity contribution in [3.63, 3.8) is 0 Å². The Hall–Kier alpha value is -0.950. The maximum Gasteiger partial charge on any atom is 0.309 e. The van der Waals surface area contributed by atoms with Crippen molar-refractivity contribution in [3.05, 3.63) is 12.2 Å².